The van der Waals surface area contributed by atoms with E-state index in [4.69, 9.17) is 0 Å². The summed E-state index contributed by atoms with van der Waals surface area (Å²) >= 11 is 3.40. The van der Waals surface area contributed by atoms with E-state index in [0.717, 1.165) is 42.0 Å². The zero-order valence-corrected chi connectivity index (χ0v) is 17.2. The van der Waals surface area contributed by atoms with Gasteiger partial charge < -0.3 is 10.2 Å². The SMILES string of the molecule is C[C@]1(c2ccc(Br)cc2)NC(=O)N(CN2CCN(c3ccccn3)CC2)C1=O. The van der Waals surface area contributed by atoms with Gasteiger partial charge >= 0.3 is 6.03 Å². The number of benzene rings is 1. The lowest BCUT2D eigenvalue weighted by Gasteiger charge is -2.36. The molecule has 0 spiro atoms. The van der Waals surface area contributed by atoms with Crippen molar-refractivity contribution < 1.29 is 9.59 Å². The zero-order chi connectivity index (χ0) is 19.7. The Morgan fingerprint density at radius 2 is 1.79 bits per heavy atom. The fourth-order valence-corrected chi connectivity index (χ4v) is 3.93. The maximum atomic E-state index is 13.1. The molecule has 28 heavy (non-hydrogen) atoms. The highest BCUT2D eigenvalue weighted by Gasteiger charge is 2.49. The van der Waals surface area contributed by atoms with Crippen LogP contribution >= 0.6 is 15.9 Å². The highest BCUT2D eigenvalue weighted by atomic mass is 79.9. The van der Waals surface area contributed by atoms with Crippen LogP contribution in [0.1, 0.15) is 12.5 Å². The number of amides is 3. The molecule has 0 aliphatic carbocycles. The molecule has 1 N–H and O–H groups in total. The van der Waals surface area contributed by atoms with Gasteiger partial charge in [-0.15, -0.1) is 0 Å². The number of piperazine rings is 1. The number of hydrogen-bond acceptors (Lipinski definition) is 5. The lowest BCUT2D eigenvalue weighted by molar-refractivity contribution is -0.132. The van der Waals surface area contributed by atoms with Gasteiger partial charge in [-0.3, -0.25) is 9.69 Å². The minimum Gasteiger partial charge on any atom is -0.354 e. The summed E-state index contributed by atoms with van der Waals surface area (Å²) in [6.07, 6.45) is 1.79. The first-order valence-corrected chi connectivity index (χ1v) is 10.1. The van der Waals surface area contributed by atoms with E-state index in [1.807, 2.05) is 42.5 Å². The Kier molecular flexibility index (Phi) is 5.07. The molecule has 0 unspecified atom stereocenters. The van der Waals surface area contributed by atoms with Crippen molar-refractivity contribution in [3.63, 3.8) is 0 Å². The number of halogens is 1. The number of carbonyl (C=O) groups excluding carboxylic acids is 2. The summed E-state index contributed by atoms with van der Waals surface area (Å²) in [4.78, 5) is 35.7. The summed E-state index contributed by atoms with van der Waals surface area (Å²) in [7, 11) is 0. The normalized spacial score (nSPS) is 23.2. The predicted octanol–water partition coefficient (Wildman–Crippen LogP) is 2.39. The van der Waals surface area contributed by atoms with Crippen molar-refractivity contribution in [3.8, 4) is 0 Å². The molecule has 146 valence electrons. The summed E-state index contributed by atoms with van der Waals surface area (Å²) in [6, 6.07) is 13.0. The average Bonchev–Trinajstić information content (AvgIpc) is 2.93. The fraction of sp³-hybridized carbons (Fsp3) is 0.350. The third-order valence-corrected chi connectivity index (χ3v) is 5.91. The number of nitrogens with one attached hydrogen (secondary N) is 1. The molecular formula is C20H22BrN5O2. The average molecular weight is 444 g/mol. The number of nitrogens with zero attached hydrogens (tertiary/aromatic N) is 4. The van der Waals surface area contributed by atoms with Crippen LogP contribution in [0.3, 0.4) is 0 Å². The second-order valence-corrected chi connectivity index (χ2v) is 8.15. The maximum Gasteiger partial charge on any atom is 0.326 e. The van der Waals surface area contributed by atoms with Crippen LogP contribution in [0.4, 0.5) is 10.6 Å². The van der Waals surface area contributed by atoms with Crippen molar-refractivity contribution in [1.29, 1.82) is 0 Å². The second kappa shape index (κ2) is 7.52. The zero-order valence-electron chi connectivity index (χ0n) is 15.6. The molecule has 4 rings (SSSR count). The number of hydrogen-bond donors (Lipinski definition) is 1. The van der Waals surface area contributed by atoms with Gasteiger partial charge in [0, 0.05) is 36.8 Å². The van der Waals surface area contributed by atoms with Gasteiger partial charge in [0.2, 0.25) is 0 Å². The van der Waals surface area contributed by atoms with Gasteiger partial charge in [0.05, 0.1) is 6.67 Å². The van der Waals surface area contributed by atoms with Gasteiger partial charge in [0.15, 0.2) is 0 Å². The van der Waals surface area contributed by atoms with Crippen molar-refractivity contribution in [1.82, 2.24) is 20.1 Å². The van der Waals surface area contributed by atoms with Crippen LogP contribution in [0.5, 0.6) is 0 Å². The van der Waals surface area contributed by atoms with E-state index in [1.165, 1.54) is 4.90 Å². The minimum absolute atomic E-state index is 0.216. The monoisotopic (exact) mass is 443 g/mol. The smallest absolute Gasteiger partial charge is 0.326 e. The molecule has 2 aliphatic heterocycles. The first-order chi connectivity index (χ1) is 13.5. The number of carbonyl (C=O) groups is 2. The highest BCUT2D eigenvalue weighted by molar-refractivity contribution is 9.10. The largest absolute Gasteiger partial charge is 0.354 e. The molecule has 3 amide bonds. The standard InChI is InChI=1S/C20H22BrN5O2/c1-20(15-5-7-16(21)8-6-15)18(27)26(19(28)23-20)14-24-10-12-25(13-11-24)17-4-2-3-9-22-17/h2-9H,10-14H2,1H3,(H,23,28)/t20-/m1/s1. The first-order valence-electron chi connectivity index (χ1n) is 9.26. The van der Waals surface area contributed by atoms with E-state index in [9.17, 15) is 9.59 Å². The molecule has 1 aromatic carbocycles. The maximum absolute atomic E-state index is 13.1. The predicted molar refractivity (Wildman–Crippen MR) is 110 cm³/mol. The molecule has 2 aromatic rings. The van der Waals surface area contributed by atoms with Crippen molar-refractivity contribution in [2.75, 3.05) is 37.7 Å². The molecule has 0 bridgehead atoms. The number of imide groups is 1. The fourth-order valence-electron chi connectivity index (χ4n) is 3.66. The minimum atomic E-state index is -1.03. The summed E-state index contributed by atoms with van der Waals surface area (Å²) in [5.41, 5.74) is -0.260. The third kappa shape index (κ3) is 3.49. The van der Waals surface area contributed by atoms with Crippen LogP contribution in [0.2, 0.25) is 0 Å². The van der Waals surface area contributed by atoms with E-state index in [0.29, 0.717) is 6.67 Å². The van der Waals surface area contributed by atoms with Gasteiger partial charge in [-0.05, 0) is 36.8 Å². The Balaban J connectivity index is 1.41. The van der Waals surface area contributed by atoms with Crippen molar-refractivity contribution in [2.45, 2.75) is 12.5 Å². The first kappa shape index (κ1) is 18.9. The molecule has 0 radical (unpaired) electrons. The van der Waals surface area contributed by atoms with Gasteiger partial charge in [-0.25, -0.2) is 14.7 Å². The Bertz CT molecular complexity index is 868. The quantitative estimate of drug-likeness (QED) is 0.734. The van der Waals surface area contributed by atoms with E-state index < -0.39 is 5.54 Å². The van der Waals surface area contributed by atoms with Crippen molar-refractivity contribution in [2.24, 2.45) is 0 Å². The van der Waals surface area contributed by atoms with Crippen molar-refractivity contribution in [3.05, 3.63) is 58.7 Å². The van der Waals surface area contributed by atoms with Crippen LogP contribution in [-0.4, -0.2) is 59.6 Å². The van der Waals surface area contributed by atoms with Gasteiger partial charge in [0.25, 0.3) is 5.91 Å². The molecule has 1 atom stereocenters. The Morgan fingerprint density at radius 1 is 1.07 bits per heavy atom. The number of pyridine rings is 1. The van der Waals surface area contributed by atoms with E-state index in [2.05, 4.69) is 36.0 Å². The number of anilines is 1. The van der Waals surface area contributed by atoms with Gasteiger partial charge in [0.1, 0.15) is 11.4 Å². The third-order valence-electron chi connectivity index (χ3n) is 5.38. The van der Waals surface area contributed by atoms with Gasteiger partial charge in [-0.1, -0.05) is 34.1 Å². The van der Waals surface area contributed by atoms with Crippen LogP contribution in [0.25, 0.3) is 0 Å². The number of urea groups is 1. The van der Waals surface area contributed by atoms with Crippen LogP contribution < -0.4 is 10.2 Å². The molecular weight excluding hydrogens is 422 g/mol. The molecule has 8 heteroatoms. The van der Waals surface area contributed by atoms with E-state index >= 15 is 0 Å². The van der Waals surface area contributed by atoms with Crippen LogP contribution in [0.15, 0.2) is 53.1 Å². The Morgan fingerprint density at radius 3 is 2.43 bits per heavy atom. The molecule has 0 saturated carbocycles. The van der Waals surface area contributed by atoms with E-state index in [1.54, 1.807) is 13.1 Å². The molecule has 1 aromatic heterocycles. The molecule has 7 nitrogen and oxygen atoms in total. The lowest BCUT2D eigenvalue weighted by Crippen LogP contribution is -2.51. The number of aromatic nitrogens is 1. The summed E-state index contributed by atoms with van der Waals surface area (Å²) in [5, 5.41) is 2.87. The topological polar surface area (TPSA) is 68.8 Å². The molecule has 3 heterocycles. The van der Waals surface area contributed by atoms with Crippen molar-refractivity contribution >= 4 is 33.7 Å². The highest BCUT2D eigenvalue weighted by Crippen LogP contribution is 2.30. The summed E-state index contributed by atoms with van der Waals surface area (Å²) < 4.78 is 0.930. The van der Waals surface area contributed by atoms with Gasteiger partial charge in [-0.2, -0.15) is 0 Å². The van der Waals surface area contributed by atoms with E-state index in [-0.39, 0.29) is 11.9 Å². The summed E-state index contributed by atoms with van der Waals surface area (Å²) in [5.74, 6) is 0.743. The lowest BCUT2D eigenvalue weighted by atomic mass is 9.92. The molecule has 2 aliphatic rings. The second-order valence-electron chi connectivity index (χ2n) is 7.23. The Hall–Kier alpha value is -2.45. The summed E-state index contributed by atoms with van der Waals surface area (Å²) in [6.45, 7) is 5.21. The Labute approximate surface area is 172 Å². The van der Waals surface area contributed by atoms with Crippen LogP contribution in [-0.2, 0) is 10.3 Å². The van der Waals surface area contributed by atoms with Crippen LogP contribution in [0, 0.1) is 0 Å². The molecule has 2 fully saturated rings. The number of rotatable bonds is 4. The molecule has 2 saturated heterocycles.